The van der Waals surface area contributed by atoms with Crippen molar-refractivity contribution < 1.29 is 18.3 Å². The molecule has 0 atom stereocenters. The van der Waals surface area contributed by atoms with Crippen LogP contribution in [-0.4, -0.2) is 29.5 Å². The van der Waals surface area contributed by atoms with Crippen LogP contribution < -0.4 is 4.72 Å². The van der Waals surface area contributed by atoms with Crippen molar-refractivity contribution in [3.05, 3.63) is 40.3 Å². The second-order valence-electron chi connectivity index (χ2n) is 3.64. The van der Waals surface area contributed by atoms with Gasteiger partial charge in [0, 0.05) is 5.02 Å². The van der Waals surface area contributed by atoms with Crippen LogP contribution in [0.3, 0.4) is 0 Å². The van der Waals surface area contributed by atoms with Crippen molar-refractivity contribution >= 4 is 44.9 Å². The molecule has 0 aliphatic carbocycles. The standard InChI is InChI=1S/C10H7Cl2N3O4S/c11-5-1-6(10(16)17)9(7(12)2-5)15-20(18,19)8-3-13-4-14-8/h1-4,15H,(H,13,14)(H,16,17). The highest BCUT2D eigenvalue weighted by molar-refractivity contribution is 7.92. The van der Waals surface area contributed by atoms with Crippen molar-refractivity contribution in [3.63, 3.8) is 0 Å². The van der Waals surface area contributed by atoms with E-state index in [0.29, 0.717) is 0 Å². The van der Waals surface area contributed by atoms with Crippen molar-refractivity contribution in [1.29, 1.82) is 0 Å². The number of carboxylic acid groups (broad SMARTS) is 1. The number of nitrogens with one attached hydrogen (secondary N) is 2. The molecule has 0 bridgehead atoms. The number of hydrogen-bond acceptors (Lipinski definition) is 4. The van der Waals surface area contributed by atoms with E-state index in [9.17, 15) is 13.2 Å². The highest BCUT2D eigenvalue weighted by atomic mass is 35.5. The lowest BCUT2D eigenvalue weighted by Gasteiger charge is -2.11. The Kier molecular flexibility index (Phi) is 3.89. The summed E-state index contributed by atoms with van der Waals surface area (Å²) in [4.78, 5) is 17.1. The first-order valence-corrected chi connectivity index (χ1v) is 7.28. The molecule has 20 heavy (non-hydrogen) atoms. The fourth-order valence-corrected chi connectivity index (χ4v) is 3.03. The maximum atomic E-state index is 12.0. The molecule has 0 aliphatic rings. The predicted octanol–water partition coefficient (Wildman–Crippen LogP) is 2.22. The van der Waals surface area contributed by atoms with Crippen molar-refractivity contribution in [2.75, 3.05) is 4.72 Å². The first kappa shape index (κ1) is 14.6. The van der Waals surface area contributed by atoms with Crippen LogP contribution in [0.2, 0.25) is 10.0 Å². The Hall–Kier alpha value is -1.77. The number of H-pyrrole nitrogens is 1. The maximum Gasteiger partial charge on any atom is 0.337 e. The Morgan fingerprint density at radius 3 is 2.60 bits per heavy atom. The first-order valence-electron chi connectivity index (χ1n) is 5.05. The van der Waals surface area contributed by atoms with Crippen molar-refractivity contribution in [1.82, 2.24) is 9.97 Å². The average Bonchev–Trinajstić information content (AvgIpc) is 2.86. The number of imidazole rings is 1. The number of halogens is 2. The normalized spacial score (nSPS) is 11.3. The van der Waals surface area contributed by atoms with E-state index in [4.69, 9.17) is 28.3 Å². The van der Waals surface area contributed by atoms with Gasteiger partial charge in [-0.15, -0.1) is 0 Å². The lowest BCUT2D eigenvalue weighted by atomic mass is 10.2. The van der Waals surface area contributed by atoms with Crippen LogP contribution in [-0.2, 0) is 10.0 Å². The molecule has 106 valence electrons. The van der Waals surface area contributed by atoms with Crippen LogP contribution in [0.4, 0.5) is 5.69 Å². The molecule has 3 N–H and O–H groups in total. The molecule has 0 spiro atoms. The Morgan fingerprint density at radius 1 is 1.35 bits per heavy atom. The molecule has 1 heterocycles. The van der Waals surface area contributed by atoms with Crippen LogP contribution in [0.1, 0.15) is 10.4 Å². The van der Waals surface area contributed by atoms with Gasteiger partial charge in [0.2, 0.25) is 0 Å². The molecule has 0 saturated carbocycles. The first-order chi connectivity index (χ1) is 9.31. The average molecular weight is 336 g/mol. The number of sulfonamides is 1. The largest absolute Gasteiger partial charge is 0.478 e. The van der Waals surface area contributed by atoms with E-state index in [0.717, 1.165) is 12.3 Å². The Balaban J connectivity index is 2.52. The summed E-state index contributed by atoms with van der Waals surface area (Å²) in [5.41, 5.74) is -0.622. The fraction of sp³-hybridized carbons (Fsp3) is 0. The van der Waals surface area contributed by atoms with E-state index in [1.54, 1.807) is 0 Å². The van der Waals surface area contributed by atoms with E-state index in [1.807, 2.05) is 0 Å². The van der Waals surface area contributed by atoms with Crippen molar-refractivity contribution in [3.8, 4) is 0 Å². The Labute approximate surface area is 123 Å². The zero-order chi connectivity index (χ0) is 14.9. The van der Waals surface area contributed by atoms with Gasteiger partial charge in [-0.3, -0.25) is 4.72 Å². The molecule has 0 radical (unpaired) electrons. The Bertz CT molecular complexity index is 759. The fourth-order valence-electron chi connectivity index (χ4n) is 1.43. The highest BCUT2D eigenvalue weighted by Gasteiger charge is 2.22. The van der Waals surface area contributed by atoms with Crippen LogP contribution in [0.25, 0.3) is 0 Å². The molecule has 0 amide bonds. The number of benzene rings is 1. The number of rotatable bonds is 4. The third kappa shape index (κ3) is 2.87. The molecule has 10 heteroatoms. The molecule has 1 aromatic carbocycles. The summed E-state index contributed by atoms with van der Waals surface area (Å²) in [6, 6.07) is 2.33. The van der Waals surface area contributed by atoms with Gasteiger partial charge in [-0.25, -0.2) is 9.78 Å². The molecule has 1 aromatic heterocycles. The van der Waals surface area contributed by atoms with E-state index >= 15 is 0 Å². The number of nitrogens with zero attached hydrogens (tertiary/aromatic N) is 1. The van der Waals surface area contributed by atoms with Crippen LogP contribution >= 0.6 is 23.2 Å². The highest BCUT2D eigenvalue weighted by Crippen LogP contribution is 2.31. The topological polar surface area (TPSA) is 112 Å². The molecule has 0 saturated heterocycles. The minimum atomic E-state index is -4.02. The molecular weight excluding hydrogens is 329 g/mol. The molecule has 2 aromatic rings. The van der Waals surface area contributed by atoms with Gasteiger partial charge >= 0.3 is 5.97 Å². The number of aromatic carboxylic acids is 1. The van der Waals surface area contributed by atoms with Gasteiger partial charge in [0.25, 0.3) is 10.0 Å². The van der Waals surface area contributed by atoms with Gasteiger partial charge in [0.05, 0.1) is 28.8 Å². The van der Waals surface area contributed by atoms with E-state index in [1.165, 1.54) is 12.4 Å². The molecule has 0 unspecified atom stereocenters. The maximum absolute atomic E-state index is 12.0. The second kappa shape index (κ2) is 5.31. The third-order valence-corrected chi connectivity index (χ3v) is 4.08. The van der Waals surface area contributed by atoms with Crippen molar-refractivity contribution in [2.45, 2.75) is 5.03 Å². The monoisotopic (exact) mass is 335 g/mol. The molecule has 0 fully saturated rings. The molecule has 2 rings (SSSR count). The van der Waals surface area contributed by atoms with Gasteiger partial charge in [-0.2, -0.15) is 8.42 Å². The summed E-state index contributed by atoms with van der Waals surface area (Å²) in [5, 5.41) is 8.80. The summed E-state index contributed by atoms with van der Waals surface area (Å²) in [5.74, 6) is -1.36. The minimum Gasteiger partial charge on any atom is -0.478 e. The van der Waals surface area contributed by atoms with Crippen LogP contribution in [0.5, 0.6) is 0 Å². The molecule has 0 aliphatic heterocycles. The molecule has 7 nitrogen and oxygen atoms in total. The van der Waals surface area contributed by atoms with Crippen LogP contribution in [0, 0.1) is 0 Å². The minimum absolute atomic E-state index is 0.0805. The zero-order valence-electron chi connectivity index (χ0n) is 9.59. The lowest BCUT2D eigenvalue weighted by molar-refractivity contribution is 0.0698. The smallest absolute Gasteiger partial charge is 0.337 e. The van der Waals surface area contributed by atoms with Gasteiger partial charge < -0.3 is 10.1 Å². The summed E-state index contributed by atoms with van der Waals surface area (Å²) in [6.45, 7) is 0. The SMILES string of the molecule is O=C(O)c1cc(Cl)cc(Cl)c1NS(=O)(=O)c1cnc[nH]1. The van der Waals surface area contributed by atoms with E-state index in [2.05, 4.69) is 14.7 Å². The predicted molar refractivity (Wildman–Crippen MR) is 72.8 cm³/mol. The number of hydrogen-bond donors (Lipinski definition) is 3. The van der Waals surface area contributed by atoms with Gasteiger partial charge in [-0.1, -0.05) is 23.2 Å². The number of aromatic amines is 1. The second-order valence-corrected chi connectivity index (χ2v) is 6.13. The Morgan fingerprint density at radius 2 is 2.05 bits per heavy atom. The summed E-state index contributed by atoms with van der Waals surface area (Å²) >= 11 is 11.5. The van der Waals surface area contributed by atoms with Crippen molar-refractivity contribution in [2.24, 2.45) is 0 Å². The van der Waals surface area contributed by atoms with E-state index in [-0.39, 0.29) is 26.3 Å². The number of carbonyl (C=O) groups is 1. The van der Waals surface area contributed by atoms with Gasteiger partial charge in [0.15, 0.2) is 5.03 Å². The quantitative estimate of drug-likeness (QED) is 0.792. The molecular formula is C10H7Cl2N3O4S. The number of anilines is 1. The zero-order valence-corrected chi connectivity index (χ0v) is 11.9. The third-order valence-electron chi connectivity index (χ3n) is 2.28. The summed E-state index contributed by atoms with van der Waals surface area (Å²) in [7, 11) is -4.02. The number of carboxylic acids is 1. The summed E-state index contributed by atoms with van der Waals surface area (Å²) < 4.78 is 26.1. The van der Waals surface area contributed by atoms with Crippen LogP contribution in [0.15, 0.2) is 29.7 Å². The summed E-state index contributed by atoms with van der Waals surface area (Å²) in [6.07, 6.45) is 2.25. The van der Waals surface area contributed by atoms with E-state index < -0.39 is 16.0 Å². The van der Waals surface area contributed by atoms with Gasteiger partial charge in [-0.05, 0) is 12.1 Å². The van der Waals surface area contributed by atoms with Gasteiger partial charge in [0.1, 0.15) is 0 Å². The number of aromatic nitrogens is 2. The lowest BCUT2D eigenvalue weighted by Crippen LogP contribution is -2.16.